The normalized spacial score (nSPS) is 10.3. The van der Waals surface area contributed by atoms with E-state index in [1.165, 1.54) is 0 Å². The fourth-order valence-electron chi connectivity index (χ4n) is 1.75. The van der Waals surface area contributed by atoms with E-state index in [9.17, 15) is 14.4 Å². The van der Waals surface area contributed by atoms with Crippen LogP contribution in [0.15, 0.2) is 46.1 Å². The van der Waals surface area contributed by atoms with Crippen LogP contribution in [0.3, 0.4) is 0 Å². The first-order chi connectivity index (χ1) is 9.09. The van der Waals surface area contributed by atoms with Crippen LogP contribution in [0.5, 0.6) is 0 Å². The van der Waals surface area contributed by atoms with Gasteiger partial charge in [0.25, 0.3) is 5.56 Å². The summed E-state index contributed by atoms with van der Waals surface area (Å²) in [6, 6.07) is 9.33. The summed E-state index contributed by atoms with van der Waals surface area (Å²) in [5.74, 6) is -1.35. The highest BCUT2D eigenvalue weighted by atomic mass is 16.4. The summed E-state index contributed by atoms with van der Waals surface area (Å²) in [7, 11) is 0. The van der Waals surface area contributed by atoms with Crippen molar-refractivity contribution in [1.82, 2.24) is 9.55 Å². The van der Waals surface area contributed by atoms with Gasteiger partial charge in [-0.05, 0) is 12.0 Å². The average molecular weight is 260 g/mol. The third-order valence-electron chi connectivity index (χ3n) is 2.76. The predicted molar refractivity (Wildman–Crippen MR) is 68.4 cm³/mol. The number of benzene rings is 1. The first-order valence-corrected chi connectivity index (χ1v) is 5.69. The number of hydrogen-bond acceptors (Lipinski definition) is 3. The van der Waals surface area contributed by atoms with Crippen molar-refractivity contribution in [3.63, 3.8) is 0 Å². The lowest BCUT2D eigenvalue weighted by Gasteiger charge is -2.05. The Morgan fingerprint density at radius 3 is 2.53 bits per heavy atom. The fraction of sp³-hybridized carbons (Fsp3) is 0.154. The third kappa shape index (κ3) is 2.79. The molecule has 2 aromatic rings. The Balaban J connectivity index is 2.30. The van der Waals surface area contributed by atoms with Gasteiger partial charge in [0, 0.05) is 12.7 Å². The molecule has 0 aliphatic carbocycles. The molecule has 6 heteroatoms. The van der Waals surface area contributed by atoms with E-state index in [0.29, 0.717) is 6.42 Å². The molecular formula is C13H12N2O4. The van der Waals surface area contributed by atoms with Crippen molar-refractivity contribution in [2.24, 2.45) is 0 Å². The maximum atomic E-state index is 11.8. The Morgan fingerprint density at radius 1 is 1.21 bits per heavy atom. The highest BCUT2D eigenvalue weighted by Crippen LogP contribution is 2.00. The lowest BCUT2D eigenvalue weighted by Crippen LogP contribution is -2.38. The number of H-pyrrole nitrogens is 1. The summed E-state index contributed by atoms with van der Waals surface area (Å²) < 4.78 is 0.899. The zero-order chi connectivity index (χ0) is 13.8. The molecule has 0 saturated heterocycles. The molecular weight excluding hydrogens is 248 g/mol. The first-order valence-electron chi connectivity index (χ1n) is 5.69. The summed E-state index contributed by atoms with van der Waals surface area (Å²) >= 11 is 0. The summed E-state index contributed by atoms with van der Waals surface area (Å²) in [5, 5.41) is 8.83. The van der Waals surface area contributed by atoms with Crippen LogP contribution < -0.4 is 11.2 Å². The number of carboxylic acids is 1. The number of aromatic nitrogens is 2. The zero-order valence-electron chi connectivity index (χ0n) is 10.00. The van der Waals surface area contributed by atoms with Gasteiger partial charge in [-0.3, -0.25) is 9.36 Å². The molecule has 98 valence electrons. The molecule has 0 unspecified atom stereocenters. The van der Waals surface area contributed by atoms with Crippen LogP contribution in [0.4, 0.5) is 0 Å². The Bertz CT molecular complexity index is 701. The van der Waals surface area contributed by atoms with Crippen molar-refractivity contribution >= 4 is 5.97 Å². The van der Waals surface area contributed by atoms with Crippen molar-refractivity contribution in [3.8, 4) is 0 Å². The monoisotopic (exact) mass is 260 g/mol. The van der Waals surface area contributed by atoms with Crippen LogP contribution in [-0.2, 0) is 13.0 Å². The number of nitrogens with one attached hydrogen (secondary N) is 1. The molecule has 0 aliphatic rings. The molecule has 6 nitrogen and oxygen atoms in total. The number of carboxylic acid groups (broad SMARTS) is 1. The number of aromatic amines is 1. The van der Waals surface area contributed by atoms with Crippen LogP contribution in [0, 0.1) is 0 Å². The topological polar surface area (TPSA) is 92.2 Å². The molecule has 0 fully saturated rings. The molecule has 19 heavy (non-hydrogen) atoms. The Labute approximate surface area is 108 Å². The van der Waals surface area contributed by atoms with Gasteiger partial charge in [-0.1, -0.05) is 30.3 Å². The molecule has 1 heterocycles. The minimum Gasteiger partial charge on any atom is -0.477 e. The van der Waals surface area contributed by atoms with Crippen LogP contribution >= 0.6 is 0 Å². The second-order valence-electron chi connectivity index (χ2n) is 4.01. The van der Waals surface area contributed by atoms with Gasteiger partial charge in [-0.15, -0.1) is 0 Å². The van der Waals surface area contributed by atoms with Gasteiger partial charge >= 0.3 is 11.7 Å². The summed E-state index contributed by atoms with van der Waals surface area (Å²) in [6.07, 6.45) is 1.40. The van der Waals surface area contributed by atoms with E-state index in [4.69, 9.17) is 5.11 Å². The van der Waals surface area contributed by atoms with E-state index >= 15 is 0 Å². The number of aryl methyl sites for hydroxylation is 1. The number of carbonyl (C=O) groups is 1. The highest BCUT2D eigenvalue weighted by Gasteiger charge is 2.12. The zero-order valence-corrected chi connectivity index (χ0v) is 10.00. The van der Waals surface area contributed by atoms with E-state index in [1.54, 1.807) is 0 Å². The van der Waals surface area contributed by atoms with E-state index in [2.05, 4.69) is 4.98 Å². The molecule has 0 spiro atoms. The van der Waals surface area contributed by atoms with Crippen LogP contribution in [0.25, 0.3) is 0 Å². The van der Waals surface area contributed by atoms with Crippen molar-refractivity contribution in [2.45, 2.75) is 13.0 Å². The summed E-state index contributed by atoms with van der Waals surface area (Å²) in [5.41, 5.74) is -0.861. The lowest BCUT2D eigenvalue weighted by molar-refractivity contribution is 0.0693. The molecule has 0 aliphatic heterocycles. The molecule has 2 N–H and O–H groups in total. The largest absolute Gasteiger partial charge is 0.477 e. The molecule has 0 amide bonds. The predicted octanol–water partition coefficient (Wildman–Crippen LogP) is 0.477. The van der Waals surface area contributed by atoms with Crippen LogP contribution in [-0.4, -0.2) is 20.6 Å². The second kappa shape index (κ2) is 5.34. The number of aromatic carboxylic acids is 1. The van der Waals surface area contributed by atoms with Crippen molar-refractivity contribution in [3.05, 3.63) is 68.5 Å². The number of hydrogen-bond donors (Lipinski definition) is 2. The molecule has 1 aromatic heterocycles. The smallest absolute Gasteiger partial charge is 0.342 e. The first kappa shape index (κ1) is 12.8. The summed E-state index contributed by atoms with van der Waals surface area (Å²) in [6.45, 7) is 0.138. The maximum absolute atomic E-state index is 11.8. The minimum atomic E-state index is -1.35. The highest BCUT2D eigenvalue weighted by molar-refractivity contribution is 5.86. The van der Waals surface area contributed by atoms with E-state index < -0.39 is 22.8 Å². The van der Waals surface area contributed by atoms with Gasteiger partial charge in [0.1, 0.15) is 5.56 Å². The number of rotatable bonds is 4. The quantitative estimate of drug-likeness (QED) is 0.836. The van der Waals surface area contributed by atoms with Gasteiger partial charge in [0.2, 0.25) is 0 Å². The third-order valence-corrected chi connectivity index (χ3v) is 2.76. The Hall–Kier alpha value is -2.63. The molecule has 2 rings (SSSR count). The molecule has 0 radical (unpaired) electrons. The van der Waals surface area contributed by atoms with Gasteiger partial charge in [0.15, 0.2) is 0 Å². The lowest BCUT2D eigenvalue weighted by atomic mass is 10.1. The maximum Gasteiger partial charge on any atom is 0.342 e. The Morgan fingerprint density at radius 2 is 1.89 bits per heavy atom. The molecule has 0 saturated carbocycles. The van der Waals surface area contributed by atoms with E-state index in [-0.39, 0.29) is 6.54 Å². The van der Waals surface area contributed by atoms with Crippen molar-refractivity contribution < 1.29 is 9.90 Å². The molecule has 1 aromatic carbocycles. The standard InChI is InChI=1S/C13H12N2O4/c16-11-10(12(17)18)8-14-13(19)15(11)7-6-9-4-2-1-3-5-9/h1-5,8H,6-7H2,(H,14,19)(H,17,18). The second-order valence-corrected chi connectivity index (χ2v) is 4.01. The van der Waals surface area contributed by atoms with Crippen LogP contribution in [0.1, 0.15) is 15.9 Å². The van der Waals surface area contributed by atoms with Gasteiger partial charge in [0.05, 0.1) is 0 Å². The Kier molecular flexibility index (Phi) is 3.61. The van der Waals surface area contributed by atoms with Crippen molar-refractivity contribution in [2.75, 3.05) is 0 Å². The fourth-order valence-corrected chi connectivity index (χ4v) is 1.75. The van der Waals surface area contributed by atoms with Crippen LogP contribution in [0.2, 0.25) is 0 Å². The van der Waals surface area contributed by atoms with Gasteiger partial charge in [-0.25, -0.2) is 9.59 Å². The molecule has 0 atom stereocenters. The van der Waals surface area contributed by atoms with E-state index in [0.717, 1.165) is 16.3 Å². The summed E-state index contributed by atoms with van der Waals surface area (Å²) in [4.78, 5) is 36.4. The van der Waals surface area contributed by atoms with Crippen molar-refractivity contribution in [1.29, 1.82) is 0 Å². The minimum absolute atomic E-state index is 0.138. The van der Waals surface area contributed by atoms with Gasteiger partial charge in [-0.2, -0.15) is 0 Å². The van der Waals surface area contributed by atoms with E-state index in [1.807, 2.05) is 30.3 Å². The number of nitrogens with zero attached hydrogens (tertiary/aromatic N) is 1. The SMILES string of the molecule is O=C(O)c1c[nH]c(=O)n(CCc2ccccc2)c1=O. The van der Waals surface area contributed by atoms with Gasteiger partial charge < -0.3 is 10.1 Å². The average Bonchev–Trinajstić information content (AvgIpc) is 2.39. The molecule has 0 bridgehead atoms.